The van der Waals surface area contributed by atoms with Crippen LogP contribution in [0.1, 0.15) is 31.6 Å². The quantitative estimate of drug-likeness (QED) is 0.579. The Morgan fingerprint density at radius 2 is 1.97 bits per heavy atom. The van der Waals surface area contributed by atoms with Gasteiger partial charge in [0.25, 0.3) is 5.91 Å². The number of piperidine rings is 1. The first-order valence-electron chi connectivity index (χ1n) is 10.9. The first kappa shape index (κ1) is 21.5. The van der Waals surface area contributed by atoms with Crippen LogP contribution in [0.2, 0.25) is 5.02 Å². The van der Waals surface area contributed by atoms with Crippen LogP contribution >= 0.6 is 11.6 Å². The van der Waals surface area contributed by atoms with Gasteiger partial charge in [-0.15, -0.1) is 0 Å². The summed E-state index contributed by atoms with van der Waals surface area (Å²) in [6, 6.07) is 14.5. The van der Waals surface area contributed by atoms with Gasteiger partial charge in [0.15, 0.2) is 6.10 Å². The van der Waals surface area contributed by atoms with E-state index < -0.39 is 6.10 Å². The zero-order valence-corrected chi connectivity index (χ0v) is 18.9. The fraction of sp³-hybridized carbons (Fsp3) is 0.333. The van der Waals surface area contributed by atoms with Crippen LogP contribution in [0.3, 0.4) is 0 Å². The lowest BCUT2D eigenvalue weighted by molar-refractivity contribution is -0.134. The van der Waals surface area contributed by atoms with Gasteiger partial charge in [-0.25, -0.2) is 0 Å². The largest absolute Gasteiger partial charge is 0.479 e. The second kappa shape index (κ2) is 8.86. The van der Waals surface area contributed by atoms with Crippen molar-refractivity contribution in [2.45, 2.75) is 31.8 Å². The molecule has 170 valence electrons. The number of ether oxygens (including phenoxy) is 1. The molecule has 0 radical (unpaired) electrons. The van der Waals surface area contributed by atoms with E-state index in [-0.39, 0.29) is 24.3 Å². The molecule has 2 aliphatic rings. The third-order valence-corrected chi connectivity index (χ3v) is 6.29. The number of carbonyl (C=O) groups excluding carboxylic acids is 2. The predicted molar refractivity (Wildman–Crippen MR) is 122 cm³/mol. The van der Waals surface area contributed by atoms with E-state index in [1.165, 1.54) is 4.90 Å². The molecule has 9 heteroatoms. The highest BCUT2D eigenvalue weighted by atomic mass is 35.5. The molecule has 0 saturated carbocycles. The lowest BCUT2D eigenvalue weighted by Gasteiger charge is -2.36. The summed E-state index contributed by atoms with van der Waals surface area (Å²) in [5, 5.41) is 4.74. The molecular formula is C24H23ClN4O4. The van der Waals surface area contributed by atoms with Crippen LogP contribution < -0.4 is 9.64 Å². The number of hydrogen-bond acceptors (Lipinski definition) is 6. The van der Waals surface area contributed by atoms with E-state index in [1.807, 2.05) is 24.3 Å². The summed E-state index contributed by atoms with van der Waals surface area (Å²) < 4.78 is 11.2. The molecule has 3 aromatic rings. The fourth-order valence-corrected chi connectivity index (χ4v) is 4.41. The van der Waals surface area contributed by atoms with E-state index >= 15 is 0 Å². The fourth-order valence-electron chi connectivity index (χ4n) is 4.28. The zero-order chi connectivity index (χ0) is 22.9. The predicted octanol–water partition coefficient (Wildman–Crippen LogP) is 3.91. The number of fused-ring (bicyclic) bond motifs is 1. The Morgan fingerprint density at radius 3 is 2.79 bits per heavy atom. The third-order valence-electron chi connectivity index (χ3n) is 6.03. The van der Waals surface area contributed by atoms with Crippen molar-refractivity contribution >= 4 is 29.1 Å². The van der Waals surface area contributed by atoms with Gasteiger partial charge in [-0.05, 0) is 56.2 Å². The van der Waals surface area contributed by atoms with Crippen LogP contribution in [0.5, 0.6) is 5.75 Å². The van der Waals surface area contributed by atoms with Crippen molar-refractivity contribution in [3.63, 3.8) is 0 Å². The molecule has 2 amide bonds. The topological polar surface area (TPSA) is 88.8 Å². The summed E-state index contributed by atoms with van der Waals surface area (Å²) in [6.07, 6.45) is 1.04. The summed E-state index contributed by atoms with van der Waals surface area (Å²) in [7, 11) is 0. The van der Waals surface area contributed by atoms with Gasteiger partial charge in [0.1, 0.15) is 12.3 Å². The highest BCUT2D eigenvalue weighted by molar-refractivity contribution is 6.30. The van der Waals surface area contributed by atoms with Gasteiger partial charge in [0, 0.05) is 23.7 Å². The van der Waals surface area contributed by atoms with Crippen LogP contribution in [0.15, 0.2) is 53.1 Å². The van der Waals surface area contributed by atoms with Gasteiger partial charge >= 0.3 is 0 Å². The second-order valence-electron chi connectivity index (χ2n) is 8.29. The van der Waals surface area contributed by atoms with Gasteiger partial charge in [-0.2, -0.15) is 4.98 Å². The number of anilines is 1. The van der Waals surface area contributed by atoms with Crippen molar-refractivity contribution in [1.29, 1.82) is 0 Å². The molecule has 0 N–H and O–H groups in total. The minimum absolute atomic E-state index is 0.0316. The van der Waals surface area contributed by atoms with Gasteiger partial charge < -0.3 is 14.2 Å². The number of amides is 2. The average Bonchev–Trinajstić information content (AvgIpc) is 3.33. The Labute approximate surface area is 196 Å². The molecule has 2 aliphatic heterocycles. The number of hydrogen-bond donors (Lipinski definition) is 0. The Bertz CT molecular complexity index is 1180. The van der Waals surface area contributed by atoms with Gasteiger partial charge in [0.2, 0.25) is 17.6 Å². The molecular weight excluding hydrogens is 444 g/mol. The summed E-state index contributed by atoms with van der Waals surface area (Å²) in [5.74, 6) is 1.22. The Kier molecular flexibility index (Phi) is 5.76. The monoisotopic (exact) mass is 466 g/mol. The highest BCUT2D eigenvalue weighted by Crippen LogP contribution is 2.34. The van der Waals surface area contributed by atoms with E-state index in [0.717, 1.165) is 18.4 Å². The number of nitrogens with zero attached hydrogens (tertiary/aromatic N) is 4. The number of aromatic nitrogens is 2. The Hall–Kier alpha value is -3.39. The van der Waals surface area contributed by atoms with Crippen LogP contribution in [-0.4, -0.2) is 52.6 Å². The molecule has 0 bridgehead atoms. The van der Waals surface area contributed by atoms with Crippen LogP contribution in [0.4, 0.5) is 5.69 Å². The number of halogens is 1. The van der Waals surface area contributed by atoms with E-state index in [1.54, 1.807) is 36.1 Å². The normalized spacial score (nSPS) is 20.4. The molecule has 33 heavy (non-hydrogen) atoms. The lowest BCUT2D eigenvalue weighted by atomic mass is 9.98. The van der Waals surface area contributed by atoms with Crippen molar-refractivity contribution in [2.24, 2.45) is 0 Å². The molecule has 2 atom stereocenters. The van der Waals surface area contributed by atoms with Crippen molar-refractivity contribution < 1.29 is 18.8 Å². The minimum atomic E-state index is -0.633. The van der Waals surface area contributed by atoms with E-state index in [9.17, 15) is 9.59 Å². The van der Waals surface area contributed by atoms with Crippen molar-refractivity contribution in [2.75, 3.05) is 24.5 Å². The molecule has 5 rings (SSSR count). The van der Waals surface area contributed by atoms with Crippen molar-refractivity contribution in [3.05, 3.63) is 59.4 Å². The second-order valence-corrected chi connectivity index (χ2v) is 8.73. The van der Waals surface area contributed by atoms with Crippen LogP contribution in [0, 0.1) is 0 Å². The Morgan fingerprint density at radius 1 is 1.18 bits per heavy atom. The lowest BCUT2D eigenvalue weighted by Crippen LogP contribution is -2.51. The number of para-hydroxylation sites is 2. The van der Waals surface area contributed by atoms with Crippen LogP contribution in [0.25, 0.3) is 11.4 Å². The van der Waals surface area contributed by atoms with Crippen molar-refractivity contribution in [1.82, 2.24) is 15.0 Å². The van der Waals surface area contributed by atoms with E-state index in [0.29, 0.717) is 41.3 Å². The van der Waals surface area contributed by atoms with Gasteiger partial charge in [-0.3, -0.25) is 14.5 Å². The molecule has 2 aromatic carbocycles. The molecule has 3 heterocycles. The maximum absolute atomic E-state index is 13.2. The maximum atomic E-state index is 13.2. The molecule has 0 aliphatic carbocycles. The molecule has 1 fully saturated rings. The van der Waals surface area contributed by atoms with E-state index in [4.69, 9.17) is 20.9 Å². The first-order chi connectivity index (χ1) is 16.0. The first-order valence-corrected chi connectivity index (χ1v) is 11.3. The molecule has 1 aromatic heterocycles. The van der Waals surface area contributed by atoms with Gasteiger partial charge in [0.05, 0.1) is 11.6 Å². The zero-order valence-electron chi connectivity index (χ0n) is 18.1. The molecule has 8 nitrogen and oxygen atoms in total. The summed E-state index contributed by atoms with van der Waals surface area (Å²) >= 11 is 5.95. The number of benzene rings is 2. The standard InChI is InChI=1S/C24H23ClN4O4/c1-15-24(31)29(19-6-2-3-7-20(19)32-15)14-21(30)28-12-4-5-17(13-28)23-26-22(27-33-23)16-8-10-18(25)11-9-16/h2-3,6-11,15,17H,4-5,12-14H2,1H3/t15-,17-/m0/s1. The number of carbonyl (C=O) groups is 2. The maximum Gasteiger partial charge on any atom is 0.268 e. The number of rotatable bonds is 4. The highest BCUT2D eigenvalue weighted by Gasteiger charge is 2.35. The minimum Gasteiger partial charge on any atom is -0.479 e. The third kappa shape index (κ3) is 4.30. The van der Waals surface area contributed by atoms with Crippen molar-refractivity contribution in [3.8, 4) is 17.1 Å². The molecule has 1 saturated heterocycles. The smallest absolute Gasteiger partial charge is 0.268 e. The van der Waals surface area contributed by atoms with Crippen LogP contribution in [-0.2, 0) is 9.59 Å². The Balaban J connectivity index is 1.29. The summed E-state index contributed by atoms with van der Waals surface area (Å²) in [4.78, 5) is 33.8. The molecule has 0 unspecified atom stereocenters. The molecule has 0 spiro atoms. The average molecular weight is 467 g/mol. The SMILES string of the molecule is C[C@@H]1Oc2ccccc2N(CC(=O)N2CCC[C@H](c3nc(-c4ccc(Cl)cc4)no3)C2)C1=O. The summed E-state index contributed by atoms with van der Waals surface area (Å²) in [6.45, 7) is 2.76. The summed E-state index contributed by atoms with van der Waals surface area (Å²) in [5.41, 5.74) is 1.43. The van der Waals surface area contributed by atoms with Gasteiger partial charge in [-0.1, -0.05) is 28.9 Å². The van der Waals surface area contributed by atoms with E-state index in [2.05, 4.69) is 10.1 Å². The number of likely N-dealkylation sites (tertiary alicyclic amines) is 1.